The molecule has 2 aliphatic rings. The molecule has 0 bridgehead atoms. The fourth-order valence-corrected chi connectivity index (χ4v) is 4.03. The highest BCUT2D eigenvalue weighted by Crippen LogP contribution is 2.55. The van der Waals surface area contributed by atoms with Crippen molar-refractivity contribution in [1.29, 1.82) is 0 Å². The Balaban J connectivity index is 0.000000342. The van der Waals surface area contributed by atoms with Gasteiger partial charge in [0.05, 0.1) is 18.1 Å². The maximum absolute atomic E-state index is 13.7. The number of alkyl halides is 5. The second-order valence-corrected chi connectivity index (χ2v) is 8.37. The van der Waals surface area contributed by atoms with Gasteiger partial charge in [0.25, 0.3) is 5.92 Å². The standard InChI is InChI=1S/C17H18F5N3O2.C6H5F.C2H2/c1-26-9-2-4-10(5-3-9)27-12-6-7-25-14(11-8-16(11,18)19)23-24-15(25)13(12)17(20,21)22;7-6-4-2-1-3-5-6;1-2/h6-7,9-11H,2-5,8H2,1H3;1-5H;1-2H. The predicted octanol–water partition coefficient (Wildman–Crippen LogP) is 6.28. The number of aromatic nitrogens is 3. The zero-order valence-corrected chi connectivity index (χ0v) is 19.4. The number of nitrogens with zero attached hydrogens (tertiary/aromatic N) is 3. The summed E-state index contributed by atoms with van der Waals surface area (Å²) in [6, 6.07) is 9.10. The molecular weight excluding hydrogens is 488 g/mol. The summed E-state index contributed by atoms with van der Waals surface area (Å²) in [6.45, 7) is 0. The molecular formula is C25H25F6N3O2. The van der Waals surface area contributed by atoms with Crippen LogP contribution in [0.3, 0.4) is 0 Å². The van der Waals surface area contributed by atoms with Gasteiger partial charge in [-0.25, -0.2) is 13.2 Å². The van der Waals surface area contributed by atoms with Gasteiger partial charge in [0.2, 0.25) is 0 Å². The Hall–Kier alpha value is -3.26. The Morgan fingerprint density at radius 1 is 0.972 bits per heavy atom. The molecule has 0 radical (unpaired) electrons. The van der Waals surface area contributed by atoms with Crippen molar-refractivity contribution in [3.05, 3.63) is 59.8 Å². The van der Waals surface area contributed by atoms with Crippen LogP contribution in [-0.4, -0.2) is 39.8 Å². The number of benzene rings is 1. The summed E-state index contributed by atoms with van der Waals surface area (Å²) in [5.41, 5.74) is -1.59. The van der Waals surface area contributed by atoms with Crippen molar-refractivity contribution in [2.75, 3.05) is 7.11 Å². The number of hydrogen-bond acceptors (Lipinski definition) is 4. The molecule has 0 aliphatic heterocycles. The van der Waals surface area contributed by atoms with E-state index in [1.807, 2.05) is 0 Å². The Morgan fingerprint density at radius 2 is 1.56 bits per heavy atom. The van der Waals surface area contributed by atoms with Crippen LogP contribution in [-0.2, 0) is 10.9 Å². The summed E-state index contributed by atoms with van der Waals surface area (Å²) in [7, 11) is 1.60. The zero-order valence-electron chi connectivity index (χ0n) is 19.4. The van der Waals surface area contributed by atoms with E-state index in [9.17, 15) is 26.3 Å². The lowest BCUT2D eigenvalue weighted by molar-refractivity contribution is -0.138. The highest BCUT2D eigenvalue weighted by atomic mass is 19.4. The van der Waals surface area contributed by atoms with Crippen LogP contribution in [0.1, 0.15) is 49.4 Å². The first kappa shape index (κ1) is 27.3. The molecule has 5 rings (SSSR count). The number of rotatable bonds is 4. The average molecular weight is 513 g/mol. The lowest BCUT2D eigenvalue weighted by atomic mass is 9.95. The summed E-state index contributed by atoms with van der Waals surface area (Å²) < 4.78 is 91.5. The van der Waals surface area contributed by atoms with E-state index in [4.69, 9.17) is 9.47 Å². The Labute approximate surface area is 204 Å². The topological polar surface area (TPSA) is 48.7 Å². The van der Waals surface area contributed by atoms with Crippen LogP contribution in [0.2, 0.25) is 0 Å². The molecule has 0 spiro atoms. The molecule has 1 atom stereocenters. The van der Waals surface area contributed by atoms with E-state index < -0.39 is 35.6 Å². The maximum Gasteiger partial charge on any atom is 0.423 e. The second-order valence-electron chi connectivity index (χ2n) is 8.37. The third kappa shape index (κ3) is 6.29. The van der Waals surface area contributed by atoms with Crippen molar-refractivity contribution in [1.82, 2.24) is 14.6 Å². The summed E-state index contributed by atoms with van der Waals surface area (Å²) in [5, 5.41) is 7.15. The SMILES string of the molecule is C#C.COC1CCC(Oc2ccn3c(C4CC4(F)F)nnc3c2C(F)(F)F)CC1.Fc1ccccc1. The van der Waals surface area contributed by atoms with Crippen LogP contribution >= 0.6 is 0 Å². The predicted molar refractivity (Wildman–Crippen MR) is 120 cm³/mol. The quantitative estimate of drug-likeness (QED) is 0.304. The molecule has 3 aromatic rings. The van der Waals surface area contributed by atoms with Crippen LogP contribution in [0, 0.1) is 18.7 Å². The lowest BCUT2D eigenvalue weighted by Crippen LogP contribution is -2.28. The molecule has 2 heterocycles. The minimum Gasteiger partial charge on any atom is -0.490 e. The van der Waals surface area contributed by atoms with Gasteiger partial charge in [-0.1, -0.05) is 18.2 Å². The van der Waals surface area contributed by atoms with Gasteiger partial charge in [-0.2, -0.15) is 13.2 Å². The third-order valence-electron chi connectivity index (χ3n) is 5.97. The molecule has 11 heteroatoms. The molecule has 2 saturated carbocycles. The minimum absolute atomic E-state index is 0.0914. The van der Waals surface area contributed by atoms with E-state index in [0.29, 0.717) is 25.7 Å². The smallest absolute Gasteiger partial charge is 0.423 e. The monoisotopic (exact) mass is 513 g/mol. The molecule has 0 N–H and O–H groups in total. The zero-order chi connectivity index (χ0) is 26.5. The number of hydrogen-bond donors (Lipinski definition) is 0. The van der Waals surface area contributed by atoms with E-state index in [1.54, 1.807) is 25.3 Å². The molecule has 0 amide bonds. The Morgan fingerprint density at radius 3 is 2.03 bits per heavy atom. The van der Waals surface area contributed by atoms with Crippen LogP contribution < -0.4 is 4.74 Å². The highest BCUT2D eigenvalue weighted by Gasteiger charge is 2.60. The van der Waals surface area contributed by atoms with Crippen LogP contribution in [0.4, 0.5) is 26.3 Å². The van der Waals surface area contributed by atoms with Gasteiger partial charge in [0.1, 0.15) is 23.0 Å². The number of fused-ring (bicyclic) bond motifs is 1. The Kier molecular flexibility index (Phi) is 8.51. The maximum atomic E-state index is 13.7. The van der Waals surface area contributed by atoms with Gasteiger partial charge < -0.3 is 9.47 Å². The molecule has 36 heavy (non-hydrogen) atoms. The van der Waals surface area contributed by atoms with E-state index >= 15 is 0 Å². The van der Waals surface area contributed by atoms with Gasteiger partial charge >= 0.3 is 6.18 Å². The first-order chi connectivity index (χ1) is 17.1. The van der Waals surface area contributed by atoms with Gasteiger partial charge in [-0.15, -0.1) is 23.0 Å². The lowest BCUT2D eigenvalue weighted by Gasteiger charge is -2.29. The number of pyridine rings is 1. The van der Waals surface area contributed by atoms with Gasteiger partial charge in [-0.05, 0) is 43.9 Å². The summed E-state index contributed by atoms with van der Waals surface area (Å²) in [4.78, 5) is 0. The molecule has 1 unspecified atom stereocenters. The van der Waals surface area contributed by atoms with Crippen molar-refractivity contribution in [2.45, 2.75) is 62.3 Å². The van der Waals surface area contributed by atoms with E-state index in [2.05, 4.69) is 23.0 Å². The number of methoxy groups -OCH3 is 1. The third-order valence-corrected chi connectivity index (χ3v) is 5.97. The highest BCUT2D eigenvalue weighted by molar-refractivity contribution is 5.57. The Bertz CT molecular complexity index is 1160. The van der Waals surface area contributed by atoms with Gasteiger partial charge in [0.15, 0.2) is 5.65 Å². The molecule has 2 aromatic heterocycles. The van der Waals surface area contributed by atoms with Crippen molar-refractivity contribution in [2.24, 2.45) is 0 Å². The van der Waals surface area contributed by atoms with Crippen molar-refractivity contribution in [3.8, 4) is 18.6 Å². The summed E-state index contributed by atoms with van der Waals surface area (Å²) >= 11 is 0. The molecule has 0 saturated heterocycles. The van der Waals surface area contributed by atoms with E-state index in [-0.39, 0.29) is 29.6 Å². The van der Waals surface area contributed by atoms with Crippen LogP contribution in [0.15, 0.2) is 42.6 Å². The number of halogens is 6. The van der Waals surface area contributed by atoms with Crippen molar-refractivity contribution < 1.29 is 35.8 Å². The number of terminal acetylenes is 1. The number of ether oxygens (including phenoxy) is 2. The molecule has 2 aliphatic carbocycles. The second kappa shape index (κ2) is 11.2. The van der Waals surface area contributed by atoms with Crippen LogP contribution in [0.25, 0.3) is 5.65 Å². The first-order valence-electron chi connectivity index (χ1n) is 11.2. The summed E-state index contributed by atoms with van der Waals surface area (Å²) in [6.07, 6.45) is 6.37. The molecule has 5 nitrogen and oxygen atoms in total. The molecule has 1 aromatic carbocycles. The van der Waals surface area contributed by atoms with E-state index in [0.717, 1.165) is 10.5 Å². The van der Waals surface area contributed by atoms with Crippen molar-refractivity contribution in [3.63, 3.8) is 0 Å². The fourth-order valence-electron chi connectivity index (χ4n) is 4.03. The van der Waals surface area contributed by atoms with Crippen LogP contribution in [0.5, 0.6) is 5.75 Å². The van der Waals surface area contributed by atoms with Gasteiger partial charge in [-0.3, -0.25) is 4.40 Å². The van der Waals surface area contributed by atoms with Crippen molar-refractivity contribution >= 4 is 5.65 Å². The largest absolute Gasteiger partial charge is 0.490 e. The van der Waals surface area contributed by atoms with E-state index in [1.165, 1.54) is 18.3 Å². The minimum atomic E-state index is -4.75. The normalized spacial score (nSPS) is 22.5. The molecule has 194 valence electrons. The first-order valence-corrected chi connectivity index (χ1v) is 11.2. The fraction of sp³-hybridized carbons (Fsp3) is 0.440. The average Bonchev–Trinajstić information content (AvgIpc) is 3.29. The summed E-state index contributed by atoms with van der Waals surface area (Å²) in [5.74, 6) is -4.84. The molecule has 2 fully saturated rings. The van der Waals surface area contributed by atoms with Gasteiger partial charge in [0, 0.05) is 19.7 Å².